The number of ether oxygens (including phenoxy) is 4. The Balaban J connectivity index is 1.27. The molecule has 34 heavy (non-hydrogen) atoms. The van der Waals surface area contributed by atoms with E-state index in [-0.39, 0.29) is 23.7 Å². The fraction of sp³-hybridized carbons (Fsp3) is 0.429. The predicted molar refractivity (Wildman–Crippen MR) is 127 cm³/mol. The van der Waals surface area contributed by atoms with E-state index in [1.54, 1.807) is 12.2 Å². The first-order valence-corrected chi connectivity index (χ1v) is 12.5. The van der Waals surface area contributed by atoms with E-state index < -0.39 is 11.9 Å². The summed E-state index contributed by atoms with van der Waals surface area (Å²) < 4.78 is 23.4. The molecule has 0 unspecified atom stereocenters. The molecule has 2 aromatic rings. The zero-order valence-electron chi connectivity index (χ0n) is 19.1. The molecule has 2 aliphatic carbocycles. The molecule has 6 heteroatoms. The Morgan fingerprint density at radius 2 is 1.03 bits per heavy atom. The lowest BCUT2D eigenvalue weighted by Crippen LogP contribution is -2.24. The van der Waals surface area contributed by atoms with Gasteiger partial charge in [0.15, 0.2) is 0 Å². The minimum atomic E-state index is -0.421. The number of hydrogen-bond donors (Lipinski definition) is 0. The maximum absolute atomic E-state index is 12.8. The molecule has 4 aliphatic rings. The molecular formula is C28H28O6. The molecule has 6 nitrogen and oxygen atoms in total. The Morgan fingerprint density at radius 3 is 1.44 bits per heavy atom. The van der Waals surface area contributed by atoms with Crippen LogP contribution in [0.3, 0.4) is 0 Å². The number of carbonyl (C=O) groups excluding carboxylic acids is 2. The lowest BCUT2D eigenvalue weighted by molar-refractivity contribution is -0.149. The largest absolute Gasteiger partial charge is 0.457 e. The lowest BCUT2D eigenvalue weighted by atomic mass is 9.94. The van der Waals surface area contributed by atoms with Crippen molar-refractivity contribution < 1.29 is 28.5 Å². The second kappa shape index (κ2) is 8.82. The summed E-state index contributed by atoms with van der Waals surface area (Å²) in [6.07, 6.45) is 13.8. The highest BCUT2D eigenvalue weighted by molar-refractivity contribution is 6.10. The normalized spacial score (nSPS) is 20.0. The molecule has 0 aromatic heterocycles. The molecule has 0 atom stereocenters. The van der Waals surface area contributed by atoms with Crippen LogP contribution >= 0.6 is 0 Å². The highest BCUT2D eigenvalue weighted by atomic mass is 16.6. The van der Waals surface area contributed by atoms with Gasteiger partial charge in [-0.3, -0.25) is 0 Å². The average molecular weight is 461 g/mol. The van der Waals surface area contributed by atoms with Crippen molar-refractivity contribution in [2.24, 2.45) is 0 Å². The summed E-state index contributed by atoms with van der Waals surface area (Å²) in [7, 11) is 0. The summed E-state index contributed by atoms with van der Waals surface area (Å²) >= 11 is 0. The topological polar surface area (TPSA) is 71.1 Å². The zero-order valence-corrected chi connectivity index (χ0v) is 19.1. The first-order chi connectivity index (χ1) is 16.7. The van der Waals surface area contributed by atoms with E-state index in [0.717, 1.165) is 73.3 Å². The Kier molecular flexibility index (Phi) is 5.52. The number of hydrogen-bond acceptors (Lipinski definition) is 6. The molecule has 2 heterocycles. The summed E-state index contributed by atoms with van der Waals surface area (Å²) in [4.78, 5) is 25.6. The molecule has 2 saturated carbocycles. The van der Waals surface area contributed by atoms with Gasteiger partial charge in [0.2, 0.25) is 11.5 Å². The summed E-state index contributed by atoms with van der Waals surface area (Å²) in [5.41, 5.74) is 1.73. The van der Waals surface area contributed by atoms with Crippen LogP contribution in [0.2, 0.25) is 0 Å². The van der Waals surface area contributed by atoms with Gasteiger partial charge >= 0.3 is 11.9 Å². The third kappa shape index (κ3) is 3.95. The fourth-order valence-corrected chi connectivity index (χ4v) is 5.46. The van der Waals surface area contributed by atoms with Crippen LogP contribution in [0.5, 0.6) is 11.5 Å². The van der Waals surface area contributed by atoms with E-state index in [1.165, 1.54) is 12.8 Å². The van der Waals surface area contributed by atoms with Gasteiger partial charge in [-0.2, -0.15) is 0 Å². The third-order valence-electron chi connectivity index (χ3n) is 7.22. The molecular weight excluding hydrogens is 432 g/mol. The molecule has 0 amide bonds. The molecule has 176 valence electrons. The summed E-state index contributed by atoms with van der Waals surface area (Å²) in [5, 5.41) is 1.72. The fourth-order valence-electron chi connectivity index (χ4n) is 5.46. The summed E-state index contributed by atoms with van der Waals surface area (Å²) in [5.74, 6) is 0.720. The highest BCUT2D eigenvalue weighted by Gasteiger charge is 2.30. The van der Waals surface area contributed by atoms with E-state index >= 15 is 0 Å². The Morgan fingerprint density at radius 1 is 0.618 bits per heavy atom. The van der Waals surface area contributed by atoms with Crippen LogP contribution in [0.25, 0.3) is 22.9 Å². The molecule has 2 fully saturated rings. The Labute approximate surface area is 198 Å². The maximum Gasteiger partial charge on any atom is 0.374 e. The molecule has 0 bridgehead atoms. The van der Waals surface area contributed by atoms with Crippen molar-refractivity contribution in [2.75, 3.05) is 0 Å². The van der Waals surface area contributed by atoms with E-state index in [9.17, 15) is 9.59 Å². The quantitative estimate of drug-likeness (QED) is 0.517. The van der Waals surface area contributed by atoms with Gasteiger partial charge in [-0.25, -0.2) is 9.59 Å². The molecule has 0 radical (unpaired) electrons. The number of esters is 2. The standard InChI is InChI=1S/C28H28O6/c29-27(31-19-7-3-1-4-8-19)23-15-17-11-14-22-26-18(12-13-21(33-23)25(17)26)16-24(34-22)28(30)32-20-9-5-2-6-10-20/h11-16,19-20H,1-10H2. The van der Waals surface area contributed by atoms with Crippen LogP contribution in [-0.4, -0.2) is 24.1 Å². The SMILES string of the molecule is O=C(OC1CCCCC1)C1=Cc2ccc3c4c(ccc(c24)O1)C=C(C(=O)OC1CCCCC1)O3. The van der Waals surface area contributed by atoms with Gasteiger partial charge in [0, 0.05) is 10.8 Å². The van der Waals surface area contributed by atoms with Crippen LogP contribution in [0, 0.1) is 0 Å². The average Bonchev–Trinajstić information content (AvgIpc) is 2.88. The van der Waals surface area contributed by atoms with Gasteiger partial charge in [0.05, 0.1) is 0 Å². The molecule has 6 rings (SSSR count). The van der Waals surface area contributed by atoms with Gasteiger partial charge in [0.1, 0.15) is 23.7 Å². The molecule has 0 saturated heterocycles. The van der Waals surface area contributed by atoms with Crippen LogP contribution in [-0.2, 0) is 19.1 Å². The van der Waals surface area contributed by atoms with Crippen molar-refractivity contribution >= 4 is 34.9 Å². The Hall–Kier alpha value is -3.28. The molecule has 2 aliphatic heterocycles. The van der Waals surface area contributed by atoms with Crippen LogP contribution < -0.4 is 9.47 Å². The number of rotatable bonds is 4. The van der Waals surface area contributed by atoms with E-state index in [4.69, 9.17) is 18.9 Å². The van der Waals surface area contributed by atoms with Gasteiger partial charge in [0.25, 0.3) is 0 Å². The lowest BCUT2D eigenvalue weighted by Gasteiger charge is -2.26. The van der Waals surface area contributed by atoms with Crippen molar-refractivity contribution in [2.45, 2.75) is 76.4 Å². The molecule has 0 spiro atoms. The van der Waals surface area contributed by atoms with Crippen molar-refractivity contribution in [3.8, 4) is 11.5 Å². The van der Waals surface area contributed by atoms with E-state index in [0.29, 0.717) is 11.5 Å². The zero-order chi connectivity index (χ0) is 23.1. The first kappa shape index (κ1) is 21.3. The van der Waals surface area contributed by atoms with E-state index in [1.807, 2.05) is 24.3 Å². The Bertz CT molecular complexity index is 1120. The van der Waals surface area contributed by atoms with Crippen LogP contribution in [0.15, 0.2) is 35.8 Å². The summed E-state index contributed by atoms with van der Waals surface area (Å²) in [6, 6.07) is 7.43. The third-order valence-corrected chi connectivity index (χ3v) is 7.22. The number of carbonyl (C=O) groups is 2. The minimum absolute atomic E-state index is 0.0344. The van der Waals surface area contributed by atoms with Crippen molar-refractivity contribution in [3.05, 3.63) is 46.9 Å². The molecule has 0 N–H and O–H groups in total. The van der Waals surface area contributed by atoms with Gasteiger partial charge in [-0.15, -0.1) is 0 Å². The smallest absolute Gasteiger partial charge is 0.374 e. The second-order valence-corrected chi connectivity index (χ2v) is 9.61. The second-order valence-electron chi connectivity index (χ2n) is 9.61. The monoisotopic (exact) mass is 460 g/mol. The van der Waals surface area contributed by atoms with Crippen LogP contribution in [0.1, 0.15) is 75.3 Å². The number of benzene rings is 2. The van der Waals surface area contributed by atoms with Gasteiger partial charge < -0.3 is 18.9 Å². The van der Waals surface area contributed by atoms with Crippen molar-refractivity contribution in [1.82, 2.24) is 0 Å². The van der Waals surface area contributed by atoms with Crippen LogP contribution in [0.4, 0.5) is 0 Å². The van der Waals surface area contributed by atoms with Crippen molar-refractivity contribution in [1.29, 1.82) is 0 Å². The van der Waals surface area contributed by atoms with E-state index in [2.05, 4.69) is 0 Å². The molecule has 2 aromatic carbocycles. The predicted octanol–water partition coefficient (Wildman–Crippen LogP) is 6.06. The first-order valence-electron chi connectivity index (χ1n) is 12.5. The van der Waals surface area contributed by atoms with Gasteiger partial charge in [-0.05, 0) is 86.8 Å². The minimum Gasteiger partial charge on any atom is -0.457 e. The summed E-state index contributed by atoms with van der Waals surface area (Å²) in [6.45, 7) is 0. The highest BCUT2D eigenvalue weighted by Crippen LogP contribution is 2.45. The van der Waals surface area contributed by atoms with Gasteiger partial charge in [-0.1, -0.05) is 25.0 Å². The van der Waals surface area contributed by atoms with Crippen molar-refractivity contribution in [3.63, 3.8) is 0 Å². The maximum atomic E-state index is 12.8.